The van der Waals surface area contributed by atoms with Gasteiger partial charge < -0.3 is 10.1 Å². The summed E-state index contributed by atoms with van der Waals surface area (Å²) in [6.45, 7) is 3.15. The summed E-state index contributed by atoms with van der Waals surface area (Å²) in [5.74, 6) is 0.949. The van der Waals surface area contributed by atoms with Gasteiger partial charge in [0, 0.05) is 30.8 Å². The van der Waals surface area contributed by atoms with Crippen molar-refractivity contribution in [1.82, 2.24) is 10.3 Å². The molecule has 3 heteroatoms. The Morgan fingerprint density at radius 3 is 3.23 bits per heavy atom. The zero-order valence-electron chi connectivity index (χ0n) is 8.00. The summed E-state index contributed by atoms with van der Waals surface area (Å²) in [7, 11) is 1.71. The number of rotatable bonds is 1. The molecule has 0 radical (unpaired) electrons. The van der Waals surface area contributed by atoms with Gasteiger partial charge in [0.2, 0.25) is 0 Å². The molecule has 1 atom stereocenters. The number of fused-ring (bicyclic) bond motifs is 1. The fraction of sp³-hybridized carbons (Fsp3) is 0.500. The Morgan fingerprint density at radius 2 is 2.46 bits per heavy atom. The predicted molar refractivity (Wildman–Crippen MR) is 50.9 cm³/mol. The second kappa shape index (κ2) is 3.34. The first kappa shape index (κ1) is 8.51. The number of pyridine rings is 1. The second-order valence-electron chi connectivity index (χ2n) is 3.30. The van der Waals surface area contributed by atoms with Crippen LogP contribution in [0.4, 0.5) is 0 Å². The third kappa shape index (κ3) is 1.40. The van der Waals surface area contributed by atoms with Crippen LogP contribution in [-0.4, -0.2) is 18.6 Å². The molecule has 1 aromatic heterocycles. The van der Waals surface area contributed by atoms with Crippen LogP contribution in [0.3, 0.4) is 0 Å². The minimum atomic E-state index is 0.354. The van der Waals surface area contributed by atoms with E-state index in [0.29, 0.717) is 6.04 Å². The molecule has 0 saturated heterocycles. The van der Waals surface area contributed by atoms with Gasteiger partial charge in [-0.2, -0.15) is 0 Å². The van der Waals surface area contributed by atoms with Crippen molar-refractivity contribution in [2.75, 3.05) is 13.7 Å². The number of methoxy groups -OCH3 is 1. The van der Waals surface area contributed by atoms with Crippen LogP contribution in [0.2, 0.25) is 0 Å². The van der Waals surface area contributed by atoms with Crippen LogP contribution in [0.1, 0.15) is 24.2 Å². The molecule has 0 fully saturated rings. The molecule has 13 heavy (non-hydrogen) atoms. The van der Waals surface area contributed by atoms with E-state index in [1.54, 1.807) is 7.11 Å². The van der Waals surface area contributed by atoms with E-state index in [0.717, 1.165) is 18.7 Å². The van der Waals surface area contributed by atoms with Crippen LogP contribution in [-0.2, 0) is 6.42 Å². The lowest BCUT2D eigenvalue weighted by molar-refractivity contribution is 0.394. The molecule has 2 heterocycles. The molecule has 2 rings (SSSR count). The quantitative estimate of drug-likeness (QED) is 0.703. The molecule has 0 aliphatic carbocycles. The lowest BCUT2D eigenvalue weighted by atomic mass is 9.99. The molecule has 0 amide bonds. The summed E-state index contributed by atoms with van der Waals surface area (Å²) in [6, 6.07) is 2.27. The largest absolute Gasteiger partial charge is 0.496 e. The topological polar surface area (TPSA) is 34.1 Å². The Hall–Kier alpha value is -1.09. The van der Waals surface area contributed by atoms with Gasteiger partial charge in [-0.25, -0.2) is 0 Å². The summed E-state index contributed by atoms with van der Waals surface area (Å²) in [5.41, 5.74) is 2.39. The minimum Gasteiger partial charge on any atom is -0.496 e. The smallest absolute Gasteiger partial charge is 0.126 e. The molecule has 1 unspecified atom stereocenters. The number of nitrogens with one attached hydrogen (secondary N) is 1. The Labute approximate surface area is 78.1 Å². The van der Waals surface area contributed by atoms with Crippen LogP contribution in [0.5, 0.6) is 5.75 Å². The maximum atomic E-state index is 5.30. The summed E-state index contributed by atoms with van der Waals surface area (Å²) in [5, 5.41) is 3.39. The predicted octanol–water partition coefficient (Wildman–Crippen LogP) is 1.30. The van der Waals surface area contributed by atoms with Gasteiger partial charge in [-0.3, -0.25) is 4.98 Å². The van der Waals surface area contributed by atoms with Gasteiger partial charge in [0.1, 0.15) is 5.75 Å². The van der Waals surface area contributed by atoms with Crippen LogP contribution >= 0.6 is 0 Å². The molecule has 1 aliphatic heterocycles. The summed E-state index contributed by atoms with van der Waals surface area (Å²) < 4.78 is 5.30. The van der Waals surface area contributed by atoms with Crippen molar-refractivity contribution < 1.29 is 4.74 Å². The molecule has 70 valence electrons. The van der Waals surface area contributed by atoms with Crippen molar-refractivity contribution in [3.8, 4) is 5.75 Å². The Bertz CT molecular complexity index is 298. The minimum absolute atomic E-state index is 0.354. The van der Waals surface area contributed by atoms with Crippen molar-refractivity contribution in [1.29, 1.82) is 0 Å². The first-order valence-electron chi connectivity index (χ1n) is 4.58. The first-order chi connectivity index (χ1) is 6.33. The number of ether oxygens (including phenoxy) is 1. The molecule has 0 bridgehead atoms. The zero-order valence-corrected chi connectivity index (χ0v) is 8.00. The van der Waals surface area contributed by atoms with E-state index in [1.807, 2.05) is 12.3 Å². The van der Waals surface area contributed by atoms with Crippen molar-refractivity contribution in [2.45, 2.75) is 19.4 Å². The molecular weight excluding hydrogens is 164 g/mol. The highest BCUT2D eigenvalue weighted by atomic mass is 16.5. The SMILES string of the molecule is COc1ccnc2c1C(C)NCC2. The third-order valence-corrected chi connectivity index (χ3v) is 2.50. The maximum Gasteiger partial charge on any atom is 0.126 e. The number of aromatic nitrogens is 1. The van der Waals surface area contributed by atoms with E-state index >= 15 is 0 Å². The number of hydrogen-bond acceptors (Lipinski definition) is 3. The Kier molecular flexibility index (Phi) is 2.19. The summed E-state index contributed by atoms with van der Waals surface area (Å²) in [4.78, 5) is 4.36. The molecule has 1 aromatic rings. The maximum absolute atomic E-state index is 5.30. The van der Waals surface area contributed by atoms with E-state index in [-0.39, 0.29) is 0 Å². The number of hydrogen-bond donors (Lipinski definition) is 1. The highest BCUT2D eigenvalue weighted by Gasteiger charge is 2.20. The second-order valence-corrected chi connectivity index (χ2v) is 3.30. The molecule has 0 aromatic carbocycles. The van der Waals surface area contributed by atoms with E-state index in [2.05, 4.69) is 17.2 Å². The summed E-state index contributed by atoms with van der Waals surface area (Å²) in [6.07, 6.45) is 2.81. The molecular formula is C10H14N2O. The van der Waals surface area contributed by atoms with Crippen molar-refractivity contribution in [3.05, 3.63) is 23.5 Å². The van der Waals surface area contributed by atoms with Crippen LogP contribution in [0, 0.1) is 0 Å². The average Bonchev–Trinajstić information content (AvgIpc) is 2.17. The third-order valence-electron chi connectivity index (χ3n) is 2.50. The summed E-state index contributed by atoms with van der Waals surface area (Å²) >= 11 is 0. The van der Waals surface area contributed by atoms with Gasteiger partial charge in [-0.05, 0) is 13.0 Å². The average molecular weight is 178 g/mol. The van der Waals surface area contributed by atoms with Crippen molar-refractivity contribution in [3.63, 3.8) is 0 Å². The van der Waals surface area contributed by atoms with Gasteiger partial charge in [0.25, 0.3) is 0 Å². The Balaban J connectivity index is 2.50. The highest BCUT2D eigenvalue weighted by molar-refractivity contribution is 5.39. The van der Waals surface area contributed by atoms with Crippen LogP contribution in [0.25, 0.3) is 0 Å². The molecule has 0 saturated carbocycles. The van der Waals surface area contributed by atoms with Crippen LogP contribution in [0.15, 0.2) is 12.3 Å². The van der Waals surface area contributed by atoms with E-state index < -0.39 is 0 Å². The normalized spacial score (nSPS) is 20.9. The molecule has 0 spiro atoms. The number of nitrogens with zero attached hydrogens (tertiary/aromatic N) is 1. The van der Waals surface area contributed by atoms with Crippen LogP contribution < -0.4 is 10.1 Å². The van der Waals surface area contributed by atoms with Gasteiger partial charge in [-0.15, -0.1) is 0 Å². The van der Waals surface area contributed by atoms with E-state index in [1.165, 1.54) is 11.3 Å². The molecule has 3 nitrogen and oxygen atoms in total. The zero-order chi connectivity index (χ0) is 9.26. The molecule has 1 N–H and O–H groups in total. The van der Waals surface area contributed by atoms with Crippen molar-refractivity contribution >= 4 is 0 Å². The monoisotopic (exact) mass is 178 g/mol. The fourth-order valence-corrected chi connectivity index (χ4v) is 1.85. The van der Waals surface area contributed by atoms with Gasteiger partial charge in [0.15, 0.2) is 0 Å². The lowest BCUT2D eigenvalue weighted by Gasteiger charge is -2.24. The van der Waals surface area contributed by atoms with Crippen molar-refractivity contribution in [2.24, 2.45) is 0 Å². The van der Waals surface area contributed by atoms with Gasteiger partial charge in [-0.1, -0.05) is 0 Å². The van der Waals surface area contributed by atoms with E-state index in [4.69, 9.17) is 4.74 Å². The van der Waals surface area contributed by atoms with E-state index in [9.17, 15) is 0 Å². The first-order valence-corrected chi connectivity index (χ1v) is 4.58. The van der Waals surface area contributed by atoms with Gasteiger partial charge >= 0.3 is 0 Å². The highest BCUT2D eigenvalue weighted by Crippen LogP contribution is 2.29. The Morgan fingerprint density at radius 1 is 1.62 bits per heavy atom. The molecule has 1 aliphatic rings. The standard InChI is InChI=1S/C10H14N2O/c1-7-10-8(3-5-11-7)12-6-4-9(10)13-2/h4,6-7,11H,3,5H2,1-2H3. The fourth-order valence-electron chi connectivity index (χ4n) is 1.85. The van der Waals surface area contributed by atoms with Gasteiger partial charge in [0.05, 0.1) is 12.8 Å². The lowest BCUT2D eigenvalue weighted by Crippen LogP contribution is -2.28.